The van der Waals surface area contributed by atoms with Crippen LogP contribution in [0.2, 0.25) is 0 Å². The SMILES string of the molecule is CCC1CC([C@H](O)/C=C/[C@H]2[C@H](O)CC(=O)[C@@H]2CCCCCCCO)C1. The van der Waals surface area contributed by atoms with E-state index in [-0.39, 0.29) is 30.6 Å². The van der Waals surface area contributed by atoms with Crippen molar-refractivity contribution in [1.82, 2.24) is 0 Å². The van der Waals surface area contributed by atoms with Crippen LogP contribution in [-0.4, -0.2) is 39.9 Å². The lowest BCUT2D eigenvalue weighted by molar-refractivity contribution is -0.121. The van der Waals surface area contributed by atoms with Crippen LogP contribution in [0, 0.1) is 23.7 Å². The zero-order chi connectivity index (χ0) is 18.2. The van der Waals surface area contributed by atoms with E-state index in [1.54, 1.807) is 0 Å². The van der Waals surface area contributed by atoms with Gasteiger partial charge >= 0.3 is 0 Å². The number of hydrogen-bond acceptors (Lipinski definition) is 4. The first-order chi connectivity index (χ1) is 12.1. The Morgan fingerprint density at radius 1 is 1.16 bits per heavy atom. The highest BCUT2D eigenvalue weighted by molar-refractivity contribution is 5.84. The van der Waals surface area contributed by atoms with Crippen LogP contribution >= 0.6 is 0 Å². The predicted octanol–water partition coefficient (Wildman–Crippen LogP) is 3.24. The van der Waals surface area contributed by atoms with Crippen LogP contribution in [0.15, 0.2) is 12.2 Å². The first-order valence-corrected chi connectivity index (χ1v) is 10.2. The lowest BCUT2D eigenvalue weighted by Gasteiger charge is -2.37. The molecule has 2 saturated carbocycles. The lowest BCUT2D eigenvalue weighted by Crippen LogP contribution is -2.32. The van der Waals surface area contributed by atoms with Gasteiger partial charge in [-0.3, -0.25) is 4.79 Å². The molecular formula is C21H36O4. The third-order valence-electron chi connectivity index (χ3n) is 6.27. The number of hydrogen-bond donors (Lipinski definition) is 3. The van der Waals surface area contributed by atoms with E-state index in [0.29, 0.717) is 5.92 Å². The molecule has 2 aliphatic carbocycles. The summed E-state index contributed by atoms with van der Waals surface area (Å²) in [6.45, 7) is 2.44. The van der Waals surface area contributed by atoms with Crippen molar-refractivity contribution >= 4 is 5.78 Å². The summed E-state index contributed by atoms with van der Waals surface area (Å²) in [5.41, 5.74) is 0. The van der Waals surface area contributed by atoms with Gasteiger partial charge in [0.2, 0.25) is 0 Å². The Hall–Kier alpha value is -0.710. The molecule has 25 heavy (non-hydrogen) atoms. The van der Waals surface area contributed by atoms with Crippen LogP contribution in [0.3, 0.4) is 0 Å². The van der Waals surface area contributed by atoms with Gasteiger partial charge in [0, 0.05) is 24.9 Å². The number of Topliss-reactive ketones (excluding diaryl/α,β-unsaturated/α-hetero) is 1. The molecule has 2 aliphatic rings. The highest BCUT2D eigenvalue weighted by Gasteiger charge is 2.40. The predicted molar refractivity (Wildman–Crippen MR) is 99.1 cm³/mol. The quantitative estimate of drug-likeness (QED) is 0.394. The van der Waals surface area contributed by atoms with Crippen LogP contribution in [0.25, 0.3) is 0 Å². The molecule has 0 radical (unpaired) electrons. The molecular weight excluding hydrogens is 316 g/mol. The van der Waals surface area contributed by atoms with Gasteiger partial charge in [-0.25, -0.2) is 0 Å². The standard InChI is InChI=1S/C21H36O4/c1-2-15-12-16(13-15)19(23)10-9-18-17(20(24)14-21(18)25)8-6-4-3-5-7-11-22/h9-10,15-19,21-23,25H,2-8,11-14H2,1H3/b10-9+/t15?,16?,17-,18-,19-,21-/m1/s1. The van der Waals surface area contributed by atoms with Crippen LogP contribution in [0.5, 0.6) is 0 Å². The monoisotopic (exact) mass is 352 g/mol. The summed E-state index contributed by atoms with van der Waals surface area (Å²) < 4.78 is 0. The molecule has 0 aromatic rings. The number of unbranched alkanes of at least 4 members (excludes halogenated alkanes) is 4. The summed E-state index contributed by atoms with van der Waals surface area (Å²) in [6, 6.07) is 0. The average Bonchev–Trinajstić information content (AvgIpc) is 2.81. The molecule has 0 heterocycles. The molecule has 3 N–H and O–H groups in total. The van der Waals surface area contributed by atoms with Crippen LogP contribution in [0.4, 0.5) is 0 Å². The maximum atomic E-state index is 12.2. The molecule has 0 aliphatic heterocycles. The minimum absolute atomic E-state index is 0.0962. The smallest absolute Gasteiger partial charge is 0.139 e. The second-order valence-corrected chi connectivity index (χ2v) is 8.08. The van der Waals surface area contributed by atoms with E-state index in [4.69, 9.17) is 5.11 Å². The summed E-state index contributed by atoms with van der Waals surface area (Å²) in [6.07, 6.45) is 12.2. The molecule has 2 fully saturated rings. The molecule has 144 valence electrons. The van der Waals surface area contributed by atoms with Crippen LogP contribution < -0.4 is 0 Å². The van der Waals surface area contributed by atoms with E-state index >= 15 is 0 Å². The zero-order valence-corrected chi connectivity index (χ0v) is 15.6. The molecule has 4 nitrogen and oxygen atoms in total. The number of rotatable bonds is 11. The summed E-state index contributed by atoms with van der Waals surface area (Å²) in [7, 11) is 0. The van der Waals surface area contributed by atoms with Crippen molar-refractivity contribution in [3.8, 4) is 0 Å². The van der Waals surface area contributed by atoms with Crippen molar-refractivity contribution in [2.75, 3.05) is 6.61 Å². The Morgan fingerprint density at radius 2 is 1.84 bits per heavy atom. The van der Waals surface area contributed by atoms with Crippen molar-refractivity contribution in [2.24, 2.45) is 23.7 Å². The third-order valence-corrected chi connectivity index (χ3v) is 6.27. The molecule has 0 spiro atoms. The highest BCUT2D eigenvalue weighted by atomic mass is 16.3. The van der Waals surface area contributed by atoms with Crippen LogP contribution in [-0.2, 0) is 4.79 Å². The second kappa shape index (κ2) is 10.4. The largest absolute Gasteiger partial charge is 0.396 e. The Labute approximate surface area is 152 Å². The maximum absolute atomic E-state index is 12.2. The topological polar surface area (TPSA) is 77.8 Å². The Morgan fingerprint density at radius 3 is 2.52 bits per heavy atom. The van der Waals surface area contributed by atoms with E-state index < -0.39 is 12.2 Å². The molecule has 0 aromatic heterocycles. The fourth-order valence-corrected chi connectivity index (χ4v) is 4.40. The summed E-state index contributed by atoms with van der Waals surface area (Å²) in [5.74, 6) is 1.04. The minimum Gasteiger partial charge on any atom is -0.396 e. The van der Waals surface area contributed by atoms with E-state index in [2.05, 4.69) is 6.92 Å². The molecule has 0 aromatic carbocycles. The van der Waals surface area contributed by atoms with Gasteiger partial charge < -0.3 is 15.3 Å². The molecule has 2 rings (SSSR count). The van der Waals surface area contributed by atoms with Crippen molar-refractivity contribution in [3.05, 3.63) is 12.2 Å². The summed E-state index contributed by atoms with van der Waals surface area (Å²) in [5, 5.41) is 29.3. The van der Waals surface area contributed by atoms with E-state index in [9.17, 15) is 15.0 Å². The van der Waals surface area contributed by atoms with Gasteiger partial charge in [-0.05, 0) is 37.5 Å². The average molecular weight is 353 g/mol. The number of carbonyl (C=O) groups is 1. The number of aliphatic hydroxyl groups is 3. The van der Waals surface area contributed by atoms with Gasteiger partial charge in [0.1, 0.15) is 5.78 Å². The molecule has 0 saturated heterocycles. The third kappa shape index (κ3) is 5.90. The highest BCUT2D eigenvalue weighted by Crippen LogP contribution is 2.39. The van der Waals surface area contributed by atoms with Crippen molar-refractivity contribution < 1.29 is 20.1 Å². The van der Waals surface area contributed by atoms with Gasteiger partial charge in [-0.1, -0.05) is 51.2 Å². The fourth-order valence-electron chi connectivity index (χ4n) is 4.40. The second-order valence-electron chi connectivity index (χ2n) is 8.08. The zero-order valence-electron chi connectivity index (χ0n) is 15.6. The first-order valence-electron chi connectivity index (χ1n) is 10.2. The molecule has 4 atom stereocenters. The van der Waals surface area contributed by atoms with Crippen LogP contribution in [0.1, 0.15) is 71.1 Å². The molecule has 0 unspecified atom stereocenters. The van der Waals surface area contributed by atoms with Crippen molar-refractivity contribution in [3.63, 3.8) is 0 Å². The number of ketones is 1. The Bertz CT molecular complexity index is 428. The Kier molecular flexibility index (Phi) is 8.60. The molecule has 4 heteroatoms. The lowest BCUT2D eigenvalue weighted by atomic mass is 9.70. The normalized spacial score (nSPS) is 33.8. The fraction of sp³-hybridized carbons (Fsp3) is 0.857. The van der Waals surface area contributed by atoms with Crippen molar-refractivity contribution in [1.29, 1.82) is 0 Å². The molecule has 0 bridgehead atoms. The summed E-state index contributed by atoms with van der Waals surface area (Å²) >= 11 is 0. The summed E-state index contributed by atoms with van der Waals surface area (Å²) in [4.78, 5) is 12.2. The van der Waals surface area contributed by atoms with Gasteiger partial charge in [0.25, 0.3) is 0 Å². The van der Waals surface area contributed by atoms with Crippen molar-refractivity contribution in [2.45, 2.75) is 83.3 Å². The van der Waals surface area contributed by atoms with Gasteiger partial charge in [-0.2, -0.15) is 0 Å². The van der Waals surface area contributed by atoms with E-state index in [1.165, 1.54) is 6.42 Å². The Balaban J connectivity index is 1.78. The number of aliphatic hydroxyl groups excluding tert-OH is 3. The van der Waals surface area contributed by atoms with Gasteiger partial charge in [-0.15, -0.1) is 0 Å². The van der Waals surface area contributed by atoms with Gasteiger partial charge in [0.05, 0.1) is 12.2 Å². The van der Waals surface area contributed by atoms with E-state index in [0.717, 1.165) is 57.3 Å². The van der Waals surface area contributed by atoms with Gasteiger partial charge in [0.15, 0.2) is 0 Å². The number of carbonyl (C=O) groups excluding carboxylic acids is 1. The molecule has 0 amide bonds. The first kappa shape index (κ1) is 20.6. The minimum atomic E-state index is -0.597. The van der Waals surface area contributed by atoms with E-state index in [1.807, 2.05) is 12.2 Å². The maximum Gasteiger partial charge on any atom is 0.139 e.